The zero-order chi connectivity index (χ0) is 15.2. The number of rotatable bonds is 8. The van der Waals surface area contributed by atoms with Crippen LogP contribution in [0.5, 0.6) is 0 Å². The summed E-state index contributed by atoms with van der Waals surface area (Å²) in [6.45, 7) is 2.58. The van der Waals surface area contributed by atoms with E-state index >= 15 is 0 Å². The van der Waals surface area contributed by atoms with Crippen molar-refractivity contribution in [3.05, 3.63) is 18.3 Å². The Balaban J connectivity index is 2.60. The highest BCUT2D eigenvalue weighted by molar-refractivity contribution is 7.89. The molecule has 0 bridgehead atoms. The summed E-state index contributed by atoms with van der Waals surface area (Å²) >= 11 is 0. The molecule has 1 heterocycles. The van der Waals surface area contributed by atoms with Crippen molar-refractivity contribution in [2.75, 3.05) is 24.2 Å². The maximum absolute atomic E-state index is 11.9. The van der Waals surface area contributed by atoms with E-state index in [0.29, 0.717) is 12.4 Å². The number of hydrogen-bond acceptors (Lipinski definition) is 6. The van der Waals surface area contributed by atoms with E-state index in [1.165, 1.54) is 12.3 Å². The number of sulfonamides is 2. The number of primary sulfonamides is 1. The summed E-state index contributed by atoms with van der Waals surface area (Å²) in [5, 5.41) is 7.77. The van der Waals surface area contributed by atoms with E-state index in [0.717, 1.165) is 0 Å². The molecule has 8 nitrogen and oxygen atoms in total. The zero-order valence-corrected chi connectivity index (χ0v) is 12.7. The quantitative estimate of drug-likeness (QED) is 0.551. The van der Waals surface area contributed by atoms with Gasteiger partial charge in [0.1, 0.15) is 10.7 Å². The van der Waals surface area contributed by atoms with E-state index in [2.05, 4.69) is 15.0 Å². The fourth-order valence-corrected chi connectivity index (χ4v) is 2.95. The third-order valence-corrected chi connectivity index (χ3v) is 4.61. The SMILES string of the molecule is CCNc1ccc(S(=O)(=O)NCCCS(N)(=O)=O)cn1. The molecule has 0 spiro atoms. The van der Waals surface area contributed by atoms with Gasteiger partial charge in [-0.15, -0.1) is 0 Å². The molecule has 0 saturated carbocycles. The minimum atomic E-state index is -3.69. The van der Waals surface area contributed by atoms with E-state index in [4.69, 9.17) is 5.14 Å². The number of nitrogens with one attached hydrogen (secondary N) is 2. The van der Waals surface area contributed by atoms with Crippen LogP contribution in [0, 0.1) is 0 Å². The van der Waals surface area contributed by atoms with Crippen LogP contribution in [-0.4, -0.2) is 40.7 Å². The van der Waals surface area contributed by atoms with Gasteiger partial charge in [0, 0.05) is 19.3 Å². The standard InChI is InChI=1S/C10H18N4O4S2/c1-2-12-10-5-4-9(8-13-10)20(17,18)14-6-3-7-19(11,15)16/h4-5,8,14H,2-3,6-7H2,1H3,(H,12,13)(H2,11,15,16). The molecule has 1 aromatic heterocycles. The van der Waals surface area contributed by atoms with Crippen molar-refractivity contribution in [1.82, 2.24) is 9.71 Å². The van der Waals surface area contributed by atoms with Gasteiger partial charge in [0.15, 0.2) is 0 Å². The Morgan fingerprint density at radius 2 is 1.95 bits per heavy atom. The number of nitrogens with zero attached hydrogens (tertiary/aromatic N) is 1. The van der Waals surface area contributed by atoms with Crippen molar-refractivity contribution in [2.24, 2.45) is 5.14 Å². The van der Waals surface area contributed by atoms with Crippen molar-refractivity contribution in [3.63, 3.8) is 0 Å². The summed E-state index contributed by atoms with van der Waals surface area (Å²) in [6, 6.07) is 2.98. The Bertz CT molecular complexity index is 626. The van der Waals surface area contributed by atoms with Gasteiger partial charge >= 0.3 is 0 Å². The lowest BCUT2D eigenvalue weighted by atomic mass is 10.4. The Hall–Kier alpha value is -1.23. The average molecular weight is 322 g/mol. The summed E-state index contributed by atoms with van der Waals surface area (Å²) < 4.78 is 47.5. The highest BCUT2D eigenvalue weighted by Gasteiger charge is 2.14. The molecular formula is C10H18N4O4S2. The molecule has 114 valence electrons. The summed E-state index contributed by atoms with van der Waals surface area (Å²) in [5.74, 6) is 0.313. The molecule has 0 amide bonds. The first-order valence-corrected chi connectivity index (χ1v) is 9.14. The summed E-state index contributed by atoms with van der Waals surface area (Å²) in [4.78, 5) is 3.98. The van der Waals surface area contributed by atoms with E-state index in [-0.39, 0.29) is 23.6 Å². The lowest BCUT2D eigenvalue weighted by molar-refractivity contribution is 0.576. The monoisotopic (exact) mass is 322 g/mol. The molecule has 20 heavy (non-hydrogen) atoms. The van der Waals surface area contributed by atoms with E-state index in [1.807, 2.05) is 6.92 Å². The molecule has 1 rings (SSSR count). The first kappa shape index (κ1) is 16.8. The molecule has 0 saturated heterocycles. The van der Waals surface area contributed by atoms with Gasteiger partial charge in [0.05, 0.1) is 5.75 Å². The predicted molar refractivity (Wildman–Crippen MR) is 76.2 cm³/mol. The second-order valence-corrected chi connectivity index (χ2v) is 7.53. The van der Waals surface area contributed by atoms with Gasteiger partial charge in [-0.1, -0.05) is 0 Å². The Morgan fingerprint density at radius 1 is 1.25 bits per heavy atom. The van der Waals surface area contributed by atoms with Crippen LogP contribution < -0.4 is 15.2 Å². The van der Waals surface area contributed by atoms with Crippen LogP contribution in [0.4, 0.5) is 5.82 Å². The Kier molecular flexibility index (Phi) is 5.87. The van der Waals surface area contributed by atoms with E-state index in [1.54, 1.807) is 6.07 Å². The molecular weight excluding hydrogens is 304 g/mol. The van der Waals surface area contributed by atoms with Gasteiger partial charge in [0.25, 0.3) is 0 Å². The predicted octanol–water partition coefficient (Wildman–Crippen LogP) is -0.530. The molecule has 0 aliphatic carbocycles. The Morgan fingerprint density at radius 3 is 2.45 bits per heavy atom. The molecule has 0 fully saturated rings. The molecule has 4 N–H and O–H groups in total. The minimum Gasteiger partial charge on any atom is -0.370 e. The molecule has 10 heteroatoms. The summed E-state index contributed by atoms with van der Waals surface area (Å²) in [5.41, 5.74) is 0. The van der Waals surface area contributed by atoms with Crippen LogP contribution >= 0.6 is 0 Å². The highest BCUT2D eigenvalue weighted by Crippen LogP contribution is 2.10. The average Bonchev–Trinajstić information content (AvgIpc) is 2.35. The number of anilines is 1. The van der Waals surface area contributed by atoms with E-state index < -0.39 is 20.0 Å². The zero-order valence-electron chi connectivity index (χ0n) is 11.0. The van der Waals surface area contributed by atoms with Gasteiger partial charge < -0.3 is 5.32 Å². The highest BCUT2D eigenvalue weighted by atomic mass is 32.2. The topological polar surface area (TPSA) is 131 Å². The van der Waals surface area contributed by atoms with Crippen LogP contribution in [0.2, 0.25) is 0 Å². The van der Waals surface area contributed by atoms with Crippen LogP contribution in [0.3, 0.4) is 0 Å². The Labute approximate surface area is 118 Å². The van der Waals surface area contributed by atoms with Crippen molar-refractivity contribution < 1.29 is 16.8 Å². The fraction of sp³-hybridized carbons (Fsp3) is 0.500. The number of nitrogens with two attached hydrogens (primary N) is 1. The molecule has 0 aliphatic heterocycles. The summed E-state index contributed by atoms with van der Waals surface area (Å²) in [7, 11) is -7.26. The van der Waals surface area contributed by atoms with Crippen LogP contribution in [-0.2, 0) is 20.0 Å². The molecule has 1 aromatic rings. The summed E-state index contributed by atoms with van der Waals surface area (Å²) in [6.07, 6.45) is 1.35. The smallest absolute Gasteiger partial charge is 0.242 e. The van der Waals surface area contributed by atoms with Crippen LogP contribution in [0.25, 0.3) is 0 Å². The van der Waals surface area contributed by atoms with Crippen LogP contribution in [0.15, 0.2) is 23.2 Å². The molecule has 0 unspecified atom stereocenters. The van der Waals surface area contributed by atoms with Gasteiger partial charge in [-0.2, -0.15) is 0 Å². The fourth-order valence-electron chi connectivity index (χ4n) is 1.39. The third kappa shape index (κ3) is 5.82. The van der Waals surface area contributed by atoms with Gasteiger partial charge in [-0.25, -0.2) is 31.7 Å². The molecule has 0 aromatic carbocycles. The second kappa shape index (κ2) is 6.97. The van der Waals surface area contributed by atoms with Gasteiger partial charge in [0.2, 0.25) is 20.0 Å². The number of hydrogen-bond donors (Lipinski definition) is 3. The largest absolute Gasteiger partial charge is 0.370 e. The van der Waals surface area contributed by atoms with Crippen molar-refractivity contribution >= 4 is 25.9 Å². The maximum atomic E-state index is 11.9. The van der Waals surface area contributed by atoms with Gasteiger partial charge in [-0.05, 0) is 25.5 Å². The first-order chi connectivity index (χ1) is 9.24. The molecule has 0 atom stereocenters. The normalized spacial score (nSPS) is 12.3. The second-order valence-electron chi connectivity index (χ2n) is 4.03. The molecule has 0 aliphatic rings. The van der Waals surface area contributed by atoms with Crippen molar-refractivity contribution in [2.45, 2.75) is 18.2 Å². The molecule has 0 radical (unpaired) electrons. The third-order valence-electron chi connectivity index (χ3n) is 2.30. The van der Waals surface area contributed by atoms with Crippen molar-refractivity contribution in [1.29, 1.82) is 0 Å². The lowest BCUT2D eigenvalue weighted by Crippen LogP contribution is -2.27. The number of aromatic nitrogens is 1. The number of pyridine rings is 1. The first-order valence-electron chi connectivity index (χ1n) is 5.94. The lowest BCUT2D eigenvalue weighted by Gasteiger charge is -2.07. The van der Waals surface area contributed by atoms with Crippen LogP contribution in [0.1, 0.15) is 13.3 Å². The minimum absolute atomic E-state index is 0.00623. The van der Waals surface area contributed by atoms with Crippen molar-refractivity contribution in [3.8, 4) is 0 Å². The van der Waals surface area contributed by atoms with Gasteiger partial charge in [-0.3, -0.25) is 0 Å². The maximum Gasteiger partial charge on any atom is 0.242 e. The van der Waals surface area contributed by atoms with E-state index in [9.17, 15) is 16.8 Å².